The van der Waals surface area contributed by atoms with E-state index in [0.29, 0.717) is 5.69 Å². The number of nitrogens with one attached hydrogen (secondary N) is 2. The zero-order chi connectivity index (χ0) is 15.3. The van der Waals surface area contributed by atoms with Crippen LogP contribution in [-0.2, 0) is 21.4 Å². The molecule has 0 aliphatic rings. The van der Waals surface area contributed by atoms with Gasteiger partial charge in [-0.2, -0.15) is 0 Å². The minimum absolute atomic E-state index is 0. The van der Waals surface area contributed by atoms with E-state index in [4.69, 9.17) is 5.73 Å². The van der Waals surface area contributed by atoms with Crippen LogP contribution in [0.1, 0.15) is 19.4 Å². The van der Waals surface area contributed by atoms with Gasteiger partial charge in [0.05, 0.1) is 12.3 Å². The van der Waals surface area contributed by atoms with Crippen LogP contribution >= 0.6 is 12.4 Å². The average Bonchev–Trinajstić information content (AvgIpc) is 2.36. The summed E-state index contributed by atoms with van der Waals surface area (Å²) in [5.41, 5.74) is 7.19. The SMILES string of the molecule is CC(C)[C@H](N)C(=O)Nc1ccc(CNS(C)(=O)=O)cc1.Cl. The molecule has 0 unspecified atom stereocenters. The quantitative estimate of drug-likeness (QED) is 0.724. The van der Waals surface area contributed by atoms with Crippen molar-refractivity contribution in [3.63, 3.8) is 0 Å². The van der Waals surface area contributed by atoms with Gasteiger partial charge in [-0.05, 0) is 23.6 Å². The summed E-state index contributed by atoms with van der Waals surface area (Å²) in [6, 6.07) is 6.36. The number of benzene rings is 1. The fourth-order valence-corrected chi connectivity index (χ4v) is 1.88. The molecule has 0 heterocycles. The number of rotatable bonds is 6. The molecule has 0 aliphatic carbocycles. The van der Waals surface area contributed by atoms with Gasteiger partial charge in [0.2, 0.25) is 15.9 Å². The van der Waals surface area contributed by atoms with Crippen molar-refractivity contribution in [2.24, 2.45) is 11.7 Å². The number of halogens is 1. The average molecular weight is 336 g/mol. The lowest BCUT2D eigenvalue weighted by atomic mass is 10.0. The molecule has 0 bridgehead atoms. The largest absolute Gasteiger partial charge is 0.325 e. The Hall–Kier alpha value is -1.15. The normalized spacial score (nSPS) is 12.6. The standard InChI is InChI=1S/C13H21N3O3S.ClH/c1-9(2)12(14)13(17)16-11-6-4-10(5-7-11)8-15-20(3,18)19;/h4-7,9,12,15H,8,14H2,1-3H3,(H,16,17);1H/t12-;/m0./s1. The Kier molecular flexibility index (Phi) is 7.87. The van der Waals surface area contributed by atoms with E-state index in [-0.39, 0.29) is 30.8 Å². The van der Waals surface area contributed by atoms with Crippen LogP contribution in [0.4, 0.5) is 5.69 Å². The van der Waals surface area contributed by atoms with Crippen molar-refractivity contribution in [3.8, 4) is 0 Å². The fourth-order valence-electron chi connectivity index (χ4n) is 1.45. The predicted octanol–water partition coefficient (Wildman–Crippen LogP) is 1.08. The van der Waals surface area contributed by atoms with E-state index in [2.05, 4.69) is 10.0 Å². The lowest BCUT2D eigenvalue weighted by Gasteiger charge is -2.15. The zero-order valence-electron chi connectivity index (χ0n) is 12.3. The van der Waals surface area contributed by atoms with Gasteiger partial charge in [0.1, 0.15) is 0 Å². The van der Waals surface area contributed by atoms with Crippen LogP contribution in [0.25, 0.3) is 0 Å². The molecule has 1 aromatic carbocycles. The highest BCUT2D eigenvalue weighted by molar-refractivity contribution is 7.88. The summed E-state index contributed by atoms with van der Waals surface area (Å²) in [5, 5.41) is 2.72. The maximum absolute atomic E-state index is 11.8. The second kappa shape index (κ2) is 8.33. The van der Waals surface area contributed by atoms with Crippen molar-refractivity contribution < 1.29 is 13.2 Å². The molecule has 8 heteroatoms. The van der Waals surface area contributed by atoms with Gasteiger partial charge in [-0.3, -0.25) is 4.79 Å². The first-order valence-corrected chi connectivity index (χ1v) is 8.18. The van der Waals surface area contributed by atoms with Gasteiger partial charge >= 0.3 is 0 Å². The number of hydrogen-bond acceptors (Lipinski definition) is 4. The van der Waals surface area contributed by atoms with Gasteiger partial charge < -0.3 is 11.1 Å². The van der Waals surface area contributed by atoms with E-state index in [0.717, 1.165) is 11.8 Å². The van der Waals surface area contributed by atoms with Crippen LogP contribution < -0.4 is 15.8 Å². The number of carbonyl (C=O) groups excluding carboxylic acids is 1. The molecule has 0 saturated heterocycles. The Morgan fingerprint density at radius 1 is 1.24 bits per heavy atom. The van der Waals surface area contributed by atoms with Crippen molar-refractivity contribution in [3.05, 3.63) is 29.8 Å². The van der Waals surface area contributed by atoms with Gasteiger partial charge in [-0.15, -0.1) is 12.4 Å². The molecule has 1 rings (SSSR count). The summed E-state index contributed by atoms with van der Waals surface area (Å²) < 4.78 is 24.3. The van der Waals surface area contributed by atoms with Crippen LogP contribution in [0, 0.1) is 5.92 Å². The van der Waals surface area contributed by atoms with Crippen molar-refractivity contribution in [2.75, 3.05) is 11.6 Å². The Bertz CT molecular complexity index is 559. The van der Waals surface area contributed by atoms with Gasteiger partial charge in [-0.1, -0.05) is 26.0 Å². The molecular formula is C13H22ClN3O3S. The molecule has 0 fully saturated rings. The molecule has 120 valence electrons. The molecule has 0 radical (unpaired) electrons. The smallest absolute Gasteiger partial charge is 0.241 e. The zero-order valence-corrected chi connectivity index (χ0v) is 13.9. The monoisotopic (exact) mass is 335 g/mol. The summed E-state index contributed by atoms with van der Waals surface area (Å²) in [5.74, 6) is -0.171. The molecule has 21 heavy (non-hydrogen) atoms. The summed E-state index contributed by atoms with van der Waals surface area (Å²) >= 11 is 0. The minimum Gasteiger partial charge on any atom is -0.325 e. The second-order valence-corrected chi connectivity index (χ2v) is 6.88. The third-order valence-corrected chi connectivity index (χ3v) is 3.45. The van der Waals surface area contributed by atoms with Crippen molar-refractivity contribution >= 4 is 34.0 Å². The van der Waals surface area contributed by atoms with E-state index >= 15 is 0 Å². The lowest BCUT2D eigenvalue weighted by molar-refractivity contribution is -0.118. The minimum atomic E-state index is -3.21. The number of anilines is 1. The van der Waals surface area contributed by atoms with Crippen LogP contribution in [0.2, 0.25) is 0 Å². The number of hydrogen-bond donors (Lipinski definition) is 3. The molecule has 0 spiro atoms. The molecule has 6 nitrogen and oxygen atoms in total. The fraction of sp³-hybridized carbons (Fsp3) is 0.462. The first kappa shape index (κ1) is 19.9. The summed E-state index contributed by atoms with van der Waals surface area (Å²) in [6.45, 7) is 3.98. The maximum atomic E-state index is 11.8. The molecule has 1 atom stereocenters. The number of nitrogens with two attached hydrogens (primary N) is 1. The van der Waals surface area contributed by atoms with Gasteiger partial charge in [0.15, 0.2) is 0 Å². The maximum Gasteiger partial charge on any atom is 0.241 e. The van der Waals surface area contributed by atoms with Crippen LogP contribution in [0.5, 0.6) is 0 Å². The first-order valence-electron chi connectivity index (χ1n) is 6.29. The third-order valence-electron chi connectivity index (χ3n) is 2.78. The third kappa shape index (κ3) is 7.42. The summed E-state index contributed by atoms with van der Waals surface area (Å²) in [4.78, 5) is 11.8. The first-order chi connectivity index (χ1) is 9.19. The Balaban J connectivity index is 0.00000400. The highest BCUT2D eigenvalue weighted by Crippen LogP contribution is 2.11. The van der Waals surface area contributed by atoms with Gasteiger partial charge in [0, 0.05) is 12.2 Å². The number of sulfonamides is 1. The Morgan fingerprint density at radius 2 is 1.76 bits per heavy atom. The topological polar surface area (TPSA) is 101 Å². The second-order valence-electron chi connectivity index (χ2n) is 5.05. The summed E-state index contributed by atoms with van der Waals surface area (Å²) in [6.07, 6.45) is 1.11. The highest BCUT2D eigenvalue weighted by atomic mass is 35.5. The van der Waals surface area contributed by atoms with Crippen LogP contribution in [0.3, 0.4) is 0 Å². The van der Waals surface area contributed by atoms with Crippen molar-refractivity contribution in [1.29, 1.82) is 0 Å². The van der Waals surface area contributed by atoms with Crippen molar-refractivity contribution in [2.45, 2.75) is 26.4 Å². The van der Waals surface area contributed by atoms with E-state index in [1.807, 2.05) is 13.8 Å². The van der Waals surface area contributed by atoms with Crippen LogP contribution in [-0.4, -0.2) is 26.6 Å². The predicted molar refractivity (Wildman–Crippen MR) is 86.8 cm³/mol. The van der Waals surface area contributed by atoms with Crippen molar-refractivity contribution in [1.82, 2.24) is 4.72 Å². The Morgan fingerprint density at radius 3 is 2.19 bits per heavy atom. The van der Waals surface area contributed by atoms with E-state index < -0.39 is 16.1 Å². The molecule has 4 N–H and O–H groups in total. The Labute approximate surface area is 132 Å². The molecule has 0 aromatic heterocycles. The van der Waals surface area contributed by atoms with Gasteiger partial charge in [-0.25, -0.2) is 13.1 Å². The van der Waals surface area contributed by atoms with E-state index in [1.165, 1.54) is 0 Å². The van der Waals surface area contributed by atoms with E-state index in [9.17, 15) is 13.2 Å². The molecule has 1 aromatic rings. The van der Waals surface area contributed by atoms with Gasteiger partial charge in [0.25, 0.3) is 0 Å². The number of carbonyl (C=O) groups is 1. The highest BCUT2D eigenvalue weighted by Gasteiger charge is 2.16. The molecule has 0 aliphatic heterocycles. The molecular weight excluding hydrogens is 314 g/mol. The lowest BCUT2D eigenvalue weighted by Crippen LogP contribution is -2.39. The summed E-state index contributed by atoms with van der Waals surface area (Å²) in [7, 11) is -3.21. The molecule has 0 saturated carbocycles. The number of amides is 1. The van der Waals surface area contributed by atoms with Crippen LogP contribution in [0.15, 0.2) is 24.3 Å². The van der Waals surface area contributed by atoms with E-state index in [1.54, 1.807) is 24.3 Å². The molecule has 1 amide bonds.